The first-order chi connectivity index (χ1) is 10.8. The van der Waals surface area contributed by atoms with Crippen LogP contribution in [0.3, 0.4) is 0 Å². The normalized spacial score (nSPS) is 11.0. The van der Waals surface area contributed by atoms with Crippen LogP contribution in [0.2, 0.25) is 0 Å². The van der Waals surface area contributed by atoms with E-state index in [1.54, 1.807) is 43.5 Å². The maximum atomic E-state index is 11.7. The van der Waals surface area contributed by atoms with Gasteiger partial charge in [-0.3, -0.25) is 4.63 Å². The van der Waals surface area contributed by atoms with Crippen molar-refractivity contribution < 1.29 is 14.3 Å². The van der Waals surface area contributed by atoms with Crippen LogP contribution in [0.15, 0.2) is 69.5 Å². The van der Waals surface area contributed by atoms with Gasteiger partial charge in [-0.1, -0.05) is 35.4 Å². The minimum absolute atomic E-state index is 0.122. The molecule has 0 saturated heterocycles. The first kappa shape index (κ1) is 13.7. The molecular formula is C15H12N4O3. The molecule has 7 nitrogen and oxygen atoms in total. The maximum Gasteiger partial charge on any atom is 0.359 e. The number of benzene rings is 2. The SMILES string of the molecule is COc1ccc(N=Nc2no[n+]([O-])c2-c2ccccc2)cc1. The van der Waals surface area contributed by atoms with Gasteiger partial charge >= 0.3 is 5.82 Å². The van der Waals surface area contributed by atoms with Gasteiger partial charge in [-0.15, -0.1) is 5.11 Å². The molecule has 0 saturated carbocycles. The monoisotopic (exact) mass is 296 g/mol. The first-order valence-electron chi connectivity index (χ1n) is 6.49. The summed E-state index contributed by atoms with van der Waals surface area (Å²) in [7, 11) is 1.59. The third-order valence-corrected chi connectivity index (χ3v) is 2.98. The summed E-state index contributed by atoms with van der Waals surface area (Å²) in [6.07, 6.45) is 0. The van der Waals surface area contributed by atoms with Crippen LogP contribution in [0.4, 0.5) is 11.5 Å². The highest BCUT2D eigenvalue weighted by atomic mass is 16.8. The molecule has 3 rings (SSSR count). The number of azo groups is 1. The summed E-state index contributed by atoms with van der Waals surface area (Å²) in [5.74, 6) is 0.847. The molecule has 110 valence electrons. The number of methoxy groups -OCH3 is 1. The number of aromatic nitrogens is 2. The maximum absolute atomic E-state index is 11.7. The summed E-state index contributed by atoms with van der Waals surface area (Å²) < 4.78 is 9.68. The average molecular weight is 296 g/mol. The van der Waals surface area contributed by atoms with E-state index in [1.165, 1.54) is 0 Å². The van der Waals surface area contributed by atoms with E-state index >= 15 is 0 Å². The van der Waals surface area contributed by atoms with Crippen LogP contribution in [-0.2, 0) is 0 Å². The van der Waals surface area contributed by atoms with Gasteiger partial charge in [0, 0.05) is 5.56 Å². The molecule has 0 aliphatic carbocycles. The molecule has 0 unspecified atom stereocenters. The summed E-state index contributed by atoms with van der Waals surface area (Å²) in [6.45, 7) is 0. The van der Waals surface area contributed by atoms with Gasteiger partial charge in [0.25, 0.3) is 5.69 Å². The highest BCUT2D eigenvalue weighted by molar-refractivity contribution is 5.65. The zero-order chi connectivity index (χ0) is 15.4. The molecule has 1 aromatic heterocycles. The molecule has 0 aliphatic rings. The van der Waals surface area contributed by atoms with Crippen molar-refractivity contribution in [3.63, 3.8) is 0 Å². The Labute approximate surface area is 126 Å². The van der Waals surface area contributed by atoms with Gasteiger partial charge in [-0.25, -0.2) is 0 Å². The van der Waals surface area contributed by atoms with Crippen LogP contribution in [0, 0.1) is 5.21 Å². The van der Waals surface area contributed by atoms with Crippen molar-refractivity contribution in [2.45, 2.75) is 0 Å². The van der Waals surface area contributed by atoms with Crippen LogP contribution in [-0.4, -0.2) is 12.3 Å². The molecule has 0 bridgehead atoms. The van der Waals surface area contributed by atoms with E-state index in [2.05, 4.69) is 20.0 Å². The Morgan fingerprint density at radius 1 is 1.05 bits per heavy atom. The molecule has 0 fully saturated rings. The van der Waals surface area contributed by atoms with Gasteiger partial charge < -0.3 is 9.94 Å². The number of hydrogen-bond donors (Lipinski definition) is 0. The van der Waals surface area contributed by atoms with Crippen LogP contribution >= 0.6 is 0 Å². The van der Waals surface area contributed by atoms with Gasteiger partial charge in [0.1, 0.15) is 5.75 Å². The fourth-order valence-electron chi connectivity index (χ4n) is 1.89. The van der Waals surface area contributed by atoms with Gasteiger partial charge in [0.15, 0.2) is 0 Å². The Kier molecular flexibility index (Phi) is 3.78. The predicted octanol–water partition coefficient (Wildman–Crippen LogP) is 3.40. The van der Waals surface area contributed by atoms with Crippen molar-refractivity contribution in [1.82, 2.24) is 5.16 Å². The molecule has 0 spiro atoms. The zero-order valence-corrected chi connectivity index (χ0v) is 11.7. The van der Waals surface area contributed by atoms with E-state index in [4.69, 9.17) is 4.74 Å². The molecule has 7 heteroatoms. The quantitative estimate of drug-likeness (QED) is 0.545. The Bertz CT molecular complexity index is 782. The molecule has 0 amide bonds. The van der Waals surface area contributed by atoms with Gasteiger partial charge in [-0.2, -0.15) is 0 Å². The van der Waals surface area contributed by atoms with E-state index in [9.17, 15) is 5.21 Å². The second kappa shape index (κ2) is 6.04. The van der Waals surface area contributed by atoms with Crippen LogP contribution in [0.5, 0.6) is 5.75 Å². The number of rotatable bonds is 4. The van der Waals surface area contributed by atoms with Crippen LogP contribution in [0.25, 0.3) is 11.3 Å². The molecule has 0 radical (unpaired) electrons. The summed E-state index contributed by atoms with van der Waals surface area (Å²) >= 11 is 0. The van der Waals surface area contributed by atoms with Crippen molar-refractivity contribution in [2.24, 2.45) is 10.2 Å². The molecule has 1 heterocycles. The molecule has 22 heavy (non-hydrogen) atoms. The van der Waals surface area contributed by atoms with Crippen molar-refractivity contribution in [1.29, 1.82) is 0 Å². The Balaban J connectivity index is 1.91. The highest BCUT2D eigenvalue weighted by Gasteiger charge is 2.20. The Morgan fingerprint density at radius 3 is 2.45 bits per heavy atom. The third-order valence-electron chi connectivity index (χ3n) is 2.98. The molecule has 3 aromatic rings. The zero-order valence-electron chi connectivity index (χ0n) is 11.7. The minimum Gasteiger partial charge on any atom is -0.497 e. The van der Waals surface area contributed by atoms with E-state index in [0.717, 1.165) is 5.75 Å². The smallest absolute Gasteiger partial charge is 0.359 e. The van der Waals surface area contributed by atoms with E-state index in [-0.39, 0.29) is 11.5 Å². The molecule has 0 atom stereocenters. The van der Waals surface area contributed by atoms with Gasteiger partial charge in [0.2, 0.25) is 0 Å². The topological polar surface area (TPSA) is 86.9 Å². The van der Waals surface area contributed by atoms with Crippen LogP contribution in [0.1, 0.15) is 0 Å². The fraction of sp³-hybridized carbons (Fsp3) is 0.0667. The molecule has 0 N–H and O–H groups in total. The third kappa shape index (κ3) is 2.78. The van der Waals surface area contributed by atoms with Crippen molar-refractivity contribution in [2.75, 3.05) is 7.11 Å². The van der Waals surface area contributed by atoms with Crippen molar-refractivity contribution in [3.05, 3.63) is 59.8 Å². The summed E-state index contributed by atoms with van der Waals surface area (Å²) in [4.78, 5) is 0.317. The lowest BCUT2D eigenvalue weighted by Crippen LogP contribution is -2.24. The fourth-order valence-corrected chi connectivity index (χ4v) is 1.89. The van der Waals surface area contributed by atoms with Crippen LogP contribution < -0.4 is 9.64 Å². The van der Waals surface area contributed by atoms with E-state index in [0.29, 0.717) is 16.2 Å². The number of hydrogen-bond acceptors (Lipinski definition) is 6. The second-order valence-corrected chi connectivity index (χ2v) is 4.37. The molecular weight excluding hydrogens is 284 g/mol. The lowest BCUT2D eigenvalue weighted by molar-refractivity contribution is -0.793. The highest BCUT2D eigenvalue weighted by Crippen LogP contribution is 2.27. The van der Waals surface area contributed by atoms with Gasteiger partial charge in [-0.05, 0) is 29.2 Å². The number of nitrogens with zero attached hydrogens (tertiary/aromatic N) is 4. The molecule has 2 aromatic carbocycles. The minimum atomic E-state index is 0.122. The predicted molar refractivity (Wildman–Crippen MR) is 78.1 cm³/mol. The Hall–Kier alpha value is -3.22. The van der Waals surface area contributed by atoms with Gasteiger partial charge in [0.05, 0.1) is 18.0 Å². The largest absolute Gasteiger partial charge is 0.497 e. The second-order valence-electron chi connectivity index (χ2n) is 4.37. The standard InChI is InChI=1S/C15H12N4O3/c1-21-13-9-7-12(8-10-13)16-17-15-14(19(20)22-18-15)11-5-3-2-4-6-11/h2-10H,1H3. The summed E-state index contributed by atoms with van der Waals surface area (Å²) in [5.41, 5.74) is 1.49. The van der Waals surface area contributed by atoms with Crippen molar-refractivity contribution >= 4 is 11.5 Å². The van der Waals surface area contributed by atoms with E-state index < -0.39 is 0 Å². The van der Waals surface area contributed by atoms with E-state index in [1.807, 2.05) is 18.2 Å². The average Bonchev–Trinajstić information content (AvgIpc) is 2.95. The number of ether oxygens (including phenoxy) is 1. The lowest BCUT2D eigenvalue weighted by atomic mass is 10.1. The summed E-state index contributed by atoms with van der Waals surface area (Å²) in [6, 6.07) is 16.0. The lowest BCUT2D eigenvalue weighted by Gasteiger charge is -1.97. The molecule has 0 aliphatic heterocycles. The first-order valence-corrected chi connectivity index (χ1v) is 6.49. The van der Waals surface area contributed by atoms with Crippen molar-refractivity contribution in [3.8, 4) is 17.0 Å². The summed E-state index contributed by atoms with van der Waals surface area (Å²) in [5, 5.41) is 23.4. The Morgan fingerprint density at radius 2 is 1.77 bits per heavy atom.